The van der Waals surface area contributed by atoms with Crippen LogP contribution < -0.4 is 5.32 Å². The summed E-state index contributed by atoms with van der Waals surface area (Å²) < 4.78 is 0. The van der Waals surface area contributed by atoms with Crippen molar-refractivity contribution in [1.82, 2.24) is 10.2 Å². The van der Waals surface area contributed by atoms with Crippen LogP contribution in [0.25, 0.3) is 0 Å². The molecule has 1 saturated heterocycles. The van der Waals surface area contributed by atoms with Crippen LogP contribution in [0.4, 0.5) is 0 Å². The van der Waals surface area contributed by atoms with E-state index in [0.29, 0.717) is 19.4 Å². The highest BCUT2D eigenvalue weighted by Gasteiger charge is 2.42. The number of likely N-dealkylation sites (tertiary alicyclic amines) is 1. The van der Waals surface area contributed by atoms with Crippen LogP contribution >= 0.6 is 0 Å². The molecule has 1 heterocycles. The van der Waals surface area contributed by atoms with Gasteiger partial charge in [0.25, 0.3) is 0 Å². The monoisotopic (exact) mass is 296 g/mol. The van der Waals surface area contributed by atoms with Crippen molar-refractivity contribution in [3.8, 4) is 0 Å². The van der Waals surface area contributed by atoms with Gasteiger partial charge in [0.15, 0.2) is 0 Å². The first-order chi connectivity index (χ1) is 10.1. The first-order valence-electron chi connectivity index (χ1n) is 8.35. The topological polar surface area (TPSA) is 69.6 Å². The Hall–Kier alpha value is -1.10. The maximum absolute atomic E-state index is 12.0. The summed E-state index contributed by atoms with van der Waals surface area (Å²) in [5.74, 6) is -0.906. The van der Waals surface area contributed by atoms with E-state index in [1.807, 2.05) is 0 Å². The molecular weight excluding hydrogens is 268 g/mol. The molecule has 1 amide bonds. The maximum Gasteiger partial charge on any atom is 0.310 e. The molecule has 2 fully saturated rings. The first kappa shape index (κ1) is 16.3. The number of carbonyl (C=O) groups is 2. The van der Waals surface area contributed by atoms with Crippen molar-refractivity contribution in [2.45, 2.75) is 57.8 Å². The second-order valence-corrected chi connectivity index (χ2v) is 6.58. The van der Waals surface area contributed by atoms with E-state index in [1.54, 1.807) is 0 Å². The minimum atomic E-state index is -0.803. The van der Waals surface area contributed by atoms with Gasteiger partial charge in [-0.2, -0.15) is 0 Å². The number of amides is 1. The van der Waals surface area contributed by atoms with Crippen LogP contribution in [0.3, 0.4) is 0 Å². The minimum absolute atomic E-state index is 0.103. The standard InChI is InChI=1S/C16H28N2O3/c19-14(13-16(15(20)21)7-3-4-8-16)17-9-12-18-10-5-1-2-6-11-18/h1-13H2,(H,17,19)(H,20,21). The SMILES string of the molecule is O=C(CC1(C(=O)O)CCCC1)NCCN1CCCCCC1. The molecule has 0 atom stereocenters. The van der Waals surface area contributed by atoms with Crippen LogP contribution in [0, 0.1) is 5.41 Å². The second-order valence-electron chi connectivity index (χ2n) is 6.58. The Morgan fingerprint density at radius 2 is 1.62 bits per heavy atom. The van der Waals surface area contributed by atoms with Gasteiger partial charge >= 0.3 is 5.97 Å². The maximum atomic E-state index is 12.0. The predicted molar refractivity (Wildman–Crippen MR) is 81.1 cm³/mol. The molecule has 1 aliphatic carbocycles. The molecule has 21 heavy (non-hydrogen) atoms. The molecule has 0 radical (unpaired) electrons. The largest absolute Gasteiger partial charge is 0.481 e. The van der Waals surface area contributed by atoms with E-state index in [9.17, 15) is 14.7 Å². The van der Waals surface area contributed by atoms with Gasteiger partial charge in [0.2, 0.25) is 5.91 Å². The summed E-state index contributed by atoms with van der Waals surface area (Å²) in [6.07, 6.45) is 8.38. The minimum Gasteiger partial charge on any atom is -0.481 e. The third-order valence-corrected chi connectivity index (χ3v) is 4.96. The summed E-state index contributed by atoms with van der Waals surface area (Å²) in [5.41, 5.74) is -0.799. The van der Waals surface area contributed by atoms with Gasteiger partial charge in [-0.1, -0.05) is 25.7 Å². The van der Waals surface area contributed by atoms with Gasteiger partial charge < -0.3 is 15.3 Å². The summed E-state index contributed by atoms with van der Waals surface area (Å²) in [5, 5.41) is 12.3. The van der Waals surface area contributed by atoms with Gasteiger partial charge in [-0.05, 0) is 38.8 Å². The molecule has 0 spiro atoms. The molecule has 120 valence electrons. The van der Waals surface area contributed by atoms with Crippen molar-refractivity contribution in [2.24, 2.45) is 5.41 Å². The van der Waals surface area contributed by atoms with E-state index < -0.39 is 11.4 Å². The zero-order valence-corrected chi connectivity index (χ0v) is 12.9. The molecule has 0 bridgehead atoms. The highest BCUT2D eigenvalue weighted by molar-refractivity contribution is 5.85. The molecule has 1 saturated carbocycles. The van der Waals surface area contributed by atoms with E-state index >= 15 is 0 Å². The predicted octanol–water partition coefficient (Wildman–Crippen LogP) is 2.01. The Morgan fingerprint density at radius 1 is 1.00 bits per heavy atom. The lowest BCUT2D eigenvalue weighted by atomic mass is 9.82. The van der Waals surface area contributed by atoms with Gasteiger partial charge in [-0.15, -0.1) is 0 Å². The lowest BCUT2D eigenvalue weighted by Crippen LogP contribution is -2.39. The number of nitrogens with one attached hydrogen (secondary N) is 1. The third-order valence-electron chi connectivity index (χ3n) is 4.96. The number of aliphatic carboxylic acids is 1. The first-order valence-corrected chi connectivity index (χ1v) is 8.35. The Balaban J connectivity index is 1.70. The molecule has 2 rings (SSSR count). The lowest BCUT2D eigenvalue weighted by molar-refractivity contribution is -0.151. The van der Waals surface area contributed by atoms with E-state index in [4.69, 9.17) is 0 Å². The quantitative estimate of drug-likeness (QED) is 0.786. The van der Waals surface area contributed by atoms with Crippen molar-refractivity contribution >= 4 is 11.9 Å². The summed E-state index contributed by atoms with van der Waals surface area (Å²) >= 11 is 0. The van der Waals surface area contributed by atoms with Gasteiger partial charge in [0.1, 0.15) is 0 Å². The summed E-state index contributed by atoms with van der Waals surface area (Å²) in [7, 11) is 0. The summed E-state index contributed by atoms with van der Waals surface area (Å²) in [6, 6.07) is 0. The lowest BCUT2D eigenvalue weighted by Gasteiger charge is -2.24. The van der Waals surface area contributed by atoms with Crippen molar-refractivity contribution < 1.29 is 14.7 Å². The normalized spacial score (nSPS) is 22.7. The van der Waals surface area contributed by atoms with Crippen molar-refractivity contribution in [3.63, 3.8) is 0 Å². The molecule has 2 N–H and O–H groups in total. The van der Waals surface area contributed by atoms with Crippen molar-refractivity contribution in [1.29, 1.82) is 0 Å². The van der Waals surface area contributed by atoms with E-state index in [2.05, 4.69) is 10.2 Å². The summed E-state index contributed by atoms with van der Waals surface area (Å²) in [4.78, 5) is 25.9. The number of carbonyl (C=O) groups excluding carboxylic acids is 1. The fourth-order valence-corrected chi connectivity index (χ4v) is 3.60. The van der Waals surface area contributed by atoms with E-state index in [0.717, 1.165) is 32.5 Å². The van der Waals surface area contributed by atoms with Crippen LogP contribution in [0.1, 0.15) is 57.8 Å². The number of carboxylic acids is 1. The Morgan fingerprint density at radius 3 is 2.19 bits per heavy atom. The molecular formula is C16H28N2O3. The van der Waals surface area contributed by atoms with Gasteiger partial charge in [-0.25, -0.2) is 0 Å². The van der Waals surface area contributed by atoms with Crippen LogP contribution in [0.5, 0.6) is 0 Å². The third kappa shape index (κ3) is 4.70. The molecule has 1 aliphatic heterocycles. The average Bonchev–Trinajstić information content (AvgIpc) is 2.77. The van der Waals surface area contributed by atoms with Crippen molar-refractivity contribution in [2.75, 3.05) is 26.2 Å². The fraction of sp³-hybridized carbons (Fsp3) is 0.875. The second kappa shape index (κ2) is 7.78. The number of rotatable bonds is 6. The number of carboxylic acid groups (broad SMARTS) is 1. The fourth-order valence-electron chi connectivity index (χ4n) is 3.60. The van der Waals surface area contributed by atoms with Crippen molar-refractivity contribution in [3.05, 3.63) is 0 Å². The Bertz CT molecular complexity index is 357. The zero-order valence-electron chi connectivity index (χ0n) is 12.9. The van der Waals surface area contributed by atoms with Gasteiger partial charge in [0, 0.05) is 19.5 Å². The smallest absolute Gasteiger partial charge is 0.310 e. The zero-order chi connectivity index (χ0) is 15.1. The Kier molecular flexibility index (Phi) is 6.03. The molecule has 0 aromatic rings. The molecule has 0 aromatic heterocycles. The number of nitrogens with zero attached hydrogens (tertiary/aromatic N) is 1. The van der Waals surface area contributed by atoms with Crippen LogP contribution in [0.2, 0.25) is 0 Å². The van der Waals surface area contributed by atoms with Crippen LogP contribution in [-0.4, -0.2) is 48.1 Å². The molecule has 2 aliphatic rings. The van der Waals surface area contributed by atoms with E-state index in [-0.39, 0.29) is 12.3 Å². The highest BCUT2D eigenvalue weighted by Crippen LogP contribution is 2.41. The number of hydrogen-bond acceptors (Lipinski definition) is 3. The van der Waals surface area contributed by atoms with E-state index in [1.165, 1.54) is 25.7 Å². The van der Waals surface area contributed by atoms with Gasteiger partial charge in [0.05, 0.1) is 5.41 Å². The summed E-state index contributed by atoms with van der Waals surface area (Å²) in [6.45, 7) is 3.75. The molecule has 0 aromatic carbocycles. The number of hydrogen-bond donors (Lipinski definition) is 2. The molecule has 0 unspecified atom stereocenters. The van der Waals surface area contributed by atoms with Crippen LogP contribution in [0.15, 0.2) is 0 Å². The van der Waals surface area contributed by atoms with Gasteiger partial charge in [-0.3, -0.25) is 9.59 Å². The Labute approximate surface area is 127 Å². The highest BCUT2D eigenvalue weighted by atomic mass is 16.4. The molecule has 5 nitrogen and oxygen atoms in total. The average molecular weight is 296 g/mol. The molecule has 5 heteroatoms. The van der Waals surface area contributed by atoms with Crippen LogP contribution in [-0.2, 0) is 9.59 Å².